The number of ether oxygens (including phenoxy) is 2. The number of benzene rings is 2. The fraction of sp³-hybridized carbons (Fsp3) is 0.440. The summed E-state index contributed by atoms with van der Waals surface area (Å²) in [6, 6.07) is 13.2. The number of rotatable bonds is 5. The van der Waals surface area contributed by atoms with E-state index in [0.717, 1.165) is 48.4 Å². The van der Waals surface area contributed by atoms with Gasteiger partial charge in [-0.2, -0.15) is 0 Å². The zero-order valence-electron chi connectivity index (χ0n) is 18.4. The normalized spacial score (nSPS) is 27.8. The molecule has 3 saturated carbocycles. The molecule has 0 unspecified atom stereocenters. The van der Waals surface area contributed by atoms with Crippen LogP contribution < -0.4 is 25.4 Å². The zero-order valence-corrected chi connectivity index (χ0v) is 18.4. The molecular formula is C25H29N3O4. The number of nitrogens with one attached hydrogen (secondary N) is 3. The monoisotopic (exact) mass is 435 g/mol. The number of anilines is 1. The molecule has 4 aliphatic rings. The third-order valence-electron chi connectivity index (χ3n) is 7.42. The average molecular weight is 436 g/mol. The highest BCUT2D eigenvalue weighted by Gasteiger charge is 2.55. The van der Waals surface area contributed by atoms with Crippen LogP contribution in [0.1, 0.15) is 41.6 Å². The maximum atomic E-state index is 13.2. The molecule has 0 saturated heterocycles. The van der Waals surface area contributed by atoms with Crippen molar-refractivity contribution in [2.45, 2.75) is 37.9 Å². The first kappa shape index (κ1) is 20.7. The second kappa shape index (κ2) is 8.04. The Hall–Kier alpha value is -3.22. The third kappa shape index (κ3) is 3.45. The second-order valence-corrected chi connectivity index (χ2v) is 9.07. The highest BCUT2D eigenvalue weighted by atomic mass is 16.5. The average Bonchev–Trinajstić information content (AvgIpc) is 2.82. The van der Waals surface area contributed by atoms with E-state index in [0.29, 0.717) is 12.1 Å². The minimum Gasteiger partial charge on any atom is -0.497 e. The summed E-state index contributed by atoms with van der Waals surface area (Å²) in [5, 5.41) is 9.99. The first-order chi connectivity index (χ1) is 15.5. The number of amides is 2. The van der Waals surface area contributed by atoms with Gasteiger partial charge in [0.15, 0.2) is 0 Å². The van der Waals surface area contributed by atoms with Crippen molar-refractivity contribution in [3.05, 3.63) is 53.6 Å². The summed E-state index contributed by atoms with van der Waals surface area (Å²) in [5.41, 5.74) is 1.99. The Morgan fingerprint density at radius 1 is 1.12 bits per heavy atom. The van der Waals surface area contributed by atoms with Gasteiger partial charge in [-0.25, -0.2) is 0 Å². The molecule has 32 heavy (non-hydrogen) atoms. The van der Waals surface area contributed by atoms with E-state index in [-0.39, 0.29) is 29.6 Å². The summed E-state index contributed by atoms with van der Waals surface area (Å²) < 4.78 is 10.7. The number of hydrogen-bond acceptors (Lipinski definition) is 5. The Balaban J connectivity index is 1.29. The summed E-state index contributed by atoms with van der Waals surface area (Å²) in [5.74, 6) is 1.89. The topological polar surface area (TPSA) is 88.7 Å². The molecule has 2 aromatic carbocycles. The smallest absolute Gasteiger partial charge is 0.255 e. The molecule has 4 atom stereocenters. The molecule has 168 valence electrons. The molecule has 6 rings (SSSR count). The van der Waals surface area contributed by atoms with E-state index in [2.05, 4.69) is 16.0 Å². The molecule has 1 aliphatic heterocycles. The molecule has 3 fully saturated rings. The summed E-state index contributed by atoms with van der Waals surface area (Å²) >= 11 is 0. The second-order valence-electron chi connectivity index (χ2n) is 9.07. The van der Waals surface area contributed by atoms with Crippen molar-refractivity contribution in [2.24, 2.45) is 17.8 Å². The predicted octanol–water partition coefficient (Wildman–Crippen LogP) is 3.31. The van der Waals surface area contributed by atoms with Crippen LogP contribution >= 0.6 is 0 Å². The zero-order chi connectivity index (χ0) is 22.3. The SMILES string of the molecule is COc1ccc(OC)c(CNC(=O)[C@H]2C[C@H]3CC[C@@H]2C[C@@]32NC(=O)c3ccccc3N2)c1. The summed E-state index contributed by atoms with van der Waals surface area (Å²) in [7, 11) is 3.24. The van der Waals surface area contributed by atoms with Crippen LogP contribution in [-0.2, 0) is 11.3 Å². The predicted molar refractivity (Wildman–Crippen MR) is 121 cm³/mol. The van der Waals surface area contributed by atoms with Gasteiger partial charge in [0.2, 0.25) is 5.91 Å². The fourth-order valence-electron chi connectivity index (χ4n) is 5.80. The minimum atomic E-state index is -0.457. The molecule has 0 radical (unpaired) electrons. The highest BCUT2D eigenvalue weighted by Crippen LogP contribution is 2.51. The Morgan fingerprint density at radius 3 is 2.72 bits per heavy atom. The van der Waals surface area contributed by atoms with Gasteiger partial charge >= 0.3 is 0 Å². The maximum absolute atomic E-state index is 13.2. The number of carbonyl (C=O) groups excluding carboxylic acids is 2. The Kier molecular flexibility index (Phi) is 5.19. The molecule has 1 heterocycles. The lowest BCUT2D eigenvalue weighted by Gasteiger charge is -2.56. The summed E-state index contributed by atoms with van der Waals surface area (Å²) in [6.07, 6.45) is 3.54. The molecule has 3 aliphatic carbocycles. The van der Waals surface area contributed by atoms with Gasteiger partial charge in [-0.15, -0.1) is 0 Å². The van der Waals surface area contributed by atoms with Crippen molar-refractivity contribution in [1.29, 1.82) is 0 Å². The van der Waals surface area contributed by atoms with Crippen LogP contribution in [0.15, 0.2) is 42.5 Å². The van der Waals surface area contributed by atoms with Gasteiger partial charge in [-0.1, -0.05) is 12.1 Å². The van der Waals surface area contributed by atoms with E-state index in [1.807, 2.05) is 42.5 Å². The number of carbonyl (C=O) groups is 2. The standard InChI is InChI=1S/C25H29N3O4/c1-31-18-9-10-22(32-2)16(11-18)14-26-23(29)20-12-17-8-7-15(20)13-25(17)27-21-6-4-3-5-19(21)24(30)28-25/h3-6,9-11,15,17,20,27H,7-8,12-14H2,1-2H3,(H,26,29)(H,28,30)/t15-,17-,20+,25-/m1/s1. The number of fused-ring (bicyclic) bond motifs is 3. The summed E-state index contributed by atoms with van der Waals surface area (Å²) in [4.78, 5) is 25.9. The lowest BCUT2D eigenvalue weighted by Crippen LogP contribution is -2.68. The lowest BCUT2D eigenvalue weighted by atomic mass is 9.58. The Morgan fingerprint density at radius 2 is 1.97 bits per heavy atom. The number of methoxy groups -OCH3 is 2. The van der Waals surface area contributed by atoms with Gasteiger partial charge in [-0.3, -0.25) is 9.59 Å². The largest absolute Gasteiger partial charge is 0.497 e. The molecule has 2 aromatic rings. The minimum absolute atomic E-state index is 0.0296. The van der Waals surface area contributed by atoms with Crippen molar-refractivity contribution in [1.82, 2.24) is 10.6 Å². The van der Waals surface area contributed by atoms with Crippen LogP contribution in [0.25, 0.3) is 0 Å². The number of para-hydroxylation sites is 1. The molecule has 3 N–H and O–H groups in total. The van der Waals surface area contributed by atoms with Gasteiger partial charge in [0.05, 0.1) is 19.8 Å². The Bertz CT molecular complexity index is 1060. The van der Waals surface area contributed by atoms with Crippen LogP contribution in [0.2, 0.25) is 0 Å². The lowest BCUT2D eigenvalue weighted by molar-refractivity contribution is -0.132. The van der Waals surface area contributed by atoms with Crippen LogP contribution in [0.4, 0.5) is 5.69 Å². The van der Waals surface area contributed by atoms with Gasteiger partial charge in [0.1, 0.15) is 17.2 Å². The third-order valence-corrected chi connectivity index (χ3v) is 7.42. The van der Waals surface area contributed by atoms with E-state index < -0.39 is 5.66 Å². The van der Waals surface area contributed by atoms with Crippen molar-refractivity contribution < 1.29 is 19.1 Å². The first-order valence-corrected chi connectivity index (χ1v) is 11.2. The quantitative estimate of drug-likeness (QED) is 0.671. The summed E-state index contributed by atoms with van der Waals surface area (Å²) in [6.45, 7) is 0.389. The molecule has 7 heteroatoms. The molecule has 0 aromatic heterocycles. The molecule has 2 amide bonds. The maximum Gasteiger partial charge on any atom is 0.255 e. The van der Waals surface area contributed by atoms with Crippen LogP contribution in [0, 0.1) is 17.8 Å². The fourth-order valence-corrected chi connectivity index (χ4v) is 5.80. The van der Waals surface area contributed by atoms with Crippen molar-refractivity contribution in [3.63, 3.8) is 0 Å². The van der Waals surface area contributed by atoms with E-state index in [1.165, 1.54) is 0 Å². The molecule has 1 spiro atoms. The van der Waals surface area contributed by atoms with E-state index in [1.54, 1.807) is 14.2 Å². The van der Waals surface area contributed by atoms with Crippen molar-refractivity contribution in [2.75, 3.05) is 19.5 Å². The van der Waals surface area contributed by atoms with E-state index in [4.69, 9.17) is 9.47 Å². The van der Waals surface area contributed by atoms with Gasteiger partial charge in [0.25, 0.3) is 5.91 Å². The van der Waals surface area contributed by atoms with Crippen LogP contribution in [0.3, 0.4) is 0 Å². The van der Waals surface area contributed by atoms with Gasteiger partial charge < -0.3 is 25.4 Å². The van der Waals surface area contributed by atoms with Crippen LogP contribution in [-0.4, -0.2) is 31.7 Å². The van der Waals surface area contributed by atoms with Gasteiger partial charge in [0, 0.05) is 29.6 Å². The molecule has 7 nitrogen and oxygen atoms in total. The van der Waals surface area contributed by atoms with E-state index in [9.17, 15) is 9.59 Å². The number of hydrogen-bond donors (Lipinski definition) is 3. The molecule has 2 bridgehead atoms. The molecular weight excluding hydrogens is 406 g/mol. The van der Waals surface area contributed by atoms with Crippen molar-refractivity contribution in [3.8, 4) is 11.5 Å². The Labute approximate surface area is 187 Å². The van der Waals surface area contributed by atoms with E-state index >= 15 is 0 Å². The van der Waals surface area contributed by atoms with Gasteiger partial charge in [-0.05, 0) is 61.9 Å². The van der Waals surface area contributed by atoms with Crippen LogP contribution in [0.5, 0.6) is 11.5 Å². The highest BCUT2D eigenvalue weighted by molar-refractivity contribution is 6.02. The first-order valence-electron chi connectivity index (χ1n) is 11.2. The van der Waals surface area contributed by atoms with Crippen molar-refractivity contribution >= 4 is 17.5 Å².